The third kappa shape index (κ3) is 9.11. The predicted molar refractivity (Wildman–Crippen MR) is 218 cm³/mol. The largest absolute Gasteiger partial charge is 0.465 e. The van der Waals surface area contributed by atoms with Crippen LogP contribution in [0, 0.1) is 0 Å². The fourth-order valence-corrected chi connectivity index (χ4v) is 10.3. The number of esters is 1. The molecular formula is C44H51FN5O7P. The molecule has 58 heavy (non-hydrogen) atoms. The number of benzene rings is 3. The quantitative estimate of drug-likeness (QED) is 0.104. The zero-order valence-electron chi connectivity index (χ0n) is 32.9. The number of amides is 3. The van der Waals surface area contributed by atoms with Crippen molar-refractivity contribution in [2.24, 2.45) is 0 Å². The number of pyridine rings is 1. The molecule has 0 saturated carbocycles. The standard InChI is InChI=1S/C44H51FN5O7P/c1-3-24-56-44(54)29(2)48-58(55,57-37-12-5-4-6-13-37)40(45)31-17-15-30-16-18-32(26-35(30)25-31)41(51)47-38-14-8-7-11-36-19-20-39(50(36)42(38)52)43(53)49-23-21-34(28-49)33-10-9-22-46-27-33/h4-6,9-10,12-13,15-18,22,25-27,29,34,36,38-40H,3,7-8,11,14,19-21,23-24,28H2,1-2H3,(H,47,51)(H,48,55)/t29-,34?,36-,38-,39-,40?,58?/m0/s1. The summed E-state index contributed by atoms with van der Waals surface area (Å²) < 4.78 is 41.9. The van der Waals surface area contributed by atoms with Crippen LogP contribution in [0.15, 0.2) is 91.3 Å². The third-order valence-corrected chi connectivity index (χ3v) is 13.6. The van der Waals surface area contributed by atoms with Gasteiger partial charge in [-0.1, -0.05) is 62.2 Å². The van der Waals surface area contributed by atoms with Crippen molar-refractivity contribution in [2.75, 3.05) is 19.7 Å². The highest BCUT2D eigenvalue weighted by molar-refractivity contribution is 7.57. The van der Waals surface area contributed by atoms with Gasteiger partial charge in [-0.05, 0) is 104 Å². The first-order valence-corrected chi connectivity index (χ1v) is 22.0. The highest BCUT2D eigenvalue weighted by Gasteiger charge is 2.46. The Bertz CT molecular complexity index is 2160. The summed E-state index contributed by atoms with van der Waals surface area (Å²) in [7, 11) is -4.46. The second kappa shape index (κ2) is 18.2. The first-order chi connectivity index (χ1) is 28.0. The number of alkyl halides is 1. The Balaban J connectivity index is 1.07. The molecule has 3 aliphatic heterocycles. The SMILES string of the molecule is CCCOC(=O)[C@H](C)NP(=O)(Oc1ccccc1)C(F)c1ccc2ccc(C(=O)N[C@H]3CCCC[C@H]4CC[C@@H](C(=O)N5CCC(c6cccnc6)C5)N4C3=O)cc2c1. The second-order valence-corrected chi connectivity index (χ2v) is 17.6. The molecule has 7 rings (SSSR count). The van der Waals surface area contributed by atoms with E-state index in [4.69, 9.17) is 9.26 Å². The van der Waals surface area contributed by atoms with Crippen LogP contribution in [-0.2, 0) is 23.7 Å². The van der Waals surface area contributed by atoms with Gasteiger partial charge in [0, 0.05) is 43.0 Å². The average Bonchev–Trinajstić information content (AvgIpc) is 3.91. The minimum absolute atomic E-state index is 0.0155. The Kier molecular flexibility index (Phi) is 12.9. The number of nitrogens with one attached hydrogen (secondary N) is 2. The van der Waals surface area contributed by atoms with E-state index in [1.807, 2.05) is 30.2 Å². The molecule has 3 unspecified atom stereocenters. The van der Waals surface area contributed by atoms with Gasteiger partial charge in [0.1, 0.15) is 23.9 Å². The molecule has 3 saturated heterocycles. The molecular weight excluding hydrogens is 760 g/mol. The fourth-order valence-electron chi connectivity index (χ4n) is 8.39. The number of rotatable bonds is 13. The topological polar surface area (TPSA) is 147 Å². The zero-order valence-corrected chi connectivity index (χ0v) is 33.8. The number of likely N-dealkylation sites (tertiary alicyclic amines) is 1. The fraction of sp³-hybridized carbons (Fsp3) is 0.432. The molecule has 4 heterocycles. The van der Waals surface area contributed by atoms with E-state index >= 15 is 4.39 Å². The number of ether oxygens (including phenoxy) is 1. The molecule has 4 aromatic rings. The van der Waals surface area contributed by atoms with Crippen molar-refractivity contribution in [3.05, 3.63) is 108 Å². The van der Waals surface area contributed by atoms with Crippen LogP contribution < -0.4 is 14.9 Å². The maximum absolute atomic E-state index is 16.6. The van der Waals surface area contributed by atoms with Crippen molar-refractivity contribution in [1.29, 1.82) is 0 Å². The van der Waals surface area contributed by atoms with E-state index < -0.39 is 43.4 Å². The van der Waals surface area contributed by atoms with E-state index in [0.717, 1.165) is 37.7 Å². The molecule has 306 valence electrons. The smallest absolute Gasteiger partial charge is 0.355 e. The first kappa shape index (κ1) is 41.0. The second-order valence-electron chi connectivity index (χ2n) is 15.5. The molecule has 3 aromatic carbocycles. The monoisotopic (exact) mass is 811 g/mol. The van der Waals surface area contributed by atoms with Crippen molar-refractivity contribution in [2.45, 2.75) is 101 Å². The highest BCUT2D eigenvalue weighted by atomic mass is 31.2. The molecule has 3 aliphatic rings. The van der Waals surface area contributed by atoms with Crippen molar-refractivity contribution < 1.29 is 37.4 Å². The van der Waals surface area contributed by atoms with Crippen LogP contribution >= 0.6 is 7.52 Å². The molecule has 0 aliphatic carbocycles. The number of aromatic nitrogens is 1. The number of hydrogen-bond donors (Lipinski definition) is 2. The van der Waals surface area contributed by atoms with Gasteiger partial charge in [-0.15, -0.1) is 0 Å². The molecule has 3 amide bonds. The molecule has 2 N–H and O–H groups in total. The average molecular weight is 812 g/mol. The molecule has 7 atom stereocenters. The van der Waals surface area contributed by atoms with E-state index in [0.29, 0.717) is 43.1 Å². The predicted octanol–water partition coefficient (Wildman–Crippen LogP) is 7.45. The van der Waals surface area contributed by atoms with Crippen LogP contribution in [0.5, 0.6) is 5.75 Å². The summed E-state index contributed by atoms with van der Waals surface area (Å²) in [6.07, 6.45) is 9.24. The summed E-state index contributed by atoms with van der Waals surface area (Å²) in [5.74, 6) is -3.29. The number of halogens is 1. The molecule has 14 heteroatoms. The van der Waals surface area contributed by atoms with E-state index in [9.17, 15) is 23.7 Å². The summed E-state index contributed by atoms with van der Waals surface area (Å²) in [5, 5.41) is 6.76. The lowest BCUT2D eigenvalue weighted by molar-refractivity contribution is -0.146. The Morgan fingerprint density at radius 1 is 0.948 bits per heavy atom. The van der Waals surface area contributed by atoms with Gasteiger partial charge >= 0.3 is 13.5 Å². The van der Waals surface area contributed by atoms with Gasteiger partial charge in [0.15, 0.2) is 0 Å². The van der Waals surface area contributed by atoms with Crippen LogP contribution in [-0.4, -0.2) is 82.3 Å². The van der Waals surface area contributed by atoms with E-state index in [1.54, 1.807) is 65.7 Å². The van der Waals surface area contributed by atoms with Crippen LogP contribution in [0.2, 0.25) is 0 Å². The lowest BCUT2D eigenvalue weighted by atomic mass is 9.98. The minimum atomic E-state index is -4.46. The van der Waals surface area contributed by atoms with Crippen LogP contribution in [0.25, 0.3) is 10.8 Å². The number of carbonyl (C=O) groups excluding carboxylic acids is 4. The Hall–Kier alpha value is -5.13. The Morgan fingerprint density at radius 3 is 2.52 bits per heavy atom. The van der Waals surface area contributed by atoms with Gasteiger partial charge in [0.05, 0.1) is 6.61 Å². The Morgan fingerprint density at radius 2 is 1.74 bits per heavy atom. The third-order valence-electron chi connectivity index (χ3n) is 11.4. The molecule has 0 radical (unpaired) electrons. The summed E-state index contributed by atoms with van der Waals surface area (Å²) in [5.41, 5.74) is 1.38. The normalized spacial score (nSPS) is 22.9. The van der Waals surface area contributed by atoms with Gasteiger partial charge in [-0.25, -0.2) is 9.48 Å². The van der Waals surface area contributed by atoms with Gasteiger partial charge in [0.2, 0.25) is 17.7 Å². The maximum atomic E-state index is 16.6. The van der Waals surface area contributed by atoms with Crippen molar-refractivity contribution in [1.82, 2.24) is 25.2 Å². The first-order valence-electron chi connectivity index (χ1n) is 20.3. The number of hydrogen-bond acceptors (Lipinski definition) is 8. The van der Waals surface area contributed by atoms with Gasteiger partial charge in [-0.3, -0.25) is 28.7 Å². The summed E-state index contributed by atoms with van der Waals surface area (Å²) in [6, 6.07) is 19.1. The lowest BCUT2D eigenvalue weighted by Gasteiger charge is -2.36. The number of fused-ring (bicyclic) bond motifs is 2. The molecule has 0 bridgehead atoms. The summed E-state index contributed by atoms with van der Waals surface area (Å²) in [4.78, 5) is 62.7. The number of para-hydroxylation sites is 1. The number of carbonyl (C=O) groups is 4. The van der Waals surface area contributed by atoms with Gasteiger partial charge < -0.3 is 24.4 Å². The maximum Gasteiger partial charge on any atom is 0.355 e. The van der Waals surface area contributed by atoms with Crippen LogP contribution in [0.1, 0.15) is 98.5 Å². The summed E-state index contributed by atoms with van der Waals surface area (Å²) >= 11 is 0. The van der Waals surface area contributed by atoms with E-state index in [2.05, 4.69) is 15.4 Å². The van der Waals surface area contributed by atoms with Crippen molar-refractivity contribution in [3.8, 4) is 5.75 Å². The van der Waals surface area contributed by atoms with Crippen LogP contribution in [0.4, 0.5) is 4.39 Å². The molecule has 12 nitrogen and oxygen atoms in total. The van der Waals surface area contributed by atoms with Crippen molar-refractivity contribution >= 4 is 42.0 Å². The van der Waals surface area contributed by atoms with Gasteiger partial charge in [0.25, 0.3) is 5.91 Å². The Labute approximate surface area is 338 Å². The molecule has 1 aromatic heterocycles. The minimum Gasteiger partial charge on any atom is -0.465 e. The number of nitrogens with zero attached hydrogens (tertiary/aromatic N) is 3. The molecule has 0 spiro atoms. The highest BCUT2D eigenvalue weighted by Crippen LogP contribution is 2.58. The summed E-state index contributed by atoms with van der Waals surface area (Å²) in [6.45, 7) is 4.65. The molecule has 3 fully saturated rings. The van der Waals surface area contributed by atoms with Crippen LogP contribution in [0.3, 0.4) is 0 Å². The van der Waals surface area contributed by atoms with E-state index in [1.165, 1.54) is 19.1 Å². The van der Waals surface area contributed by atoms with Gasteiger partial charge in [-0.2, -0.15) is 0 Å². The lowest BCUT2D eigenvalue weighted by Crippen LogP contribution is -2.56. The van der Waals surface area contributed by atoms with E-state index in [-0.39, 0.29) is 47.3 Å². The van der Waals surface area contributed by atoms with Crippen molar-refractivity contribution in [3.63, 3.8) is 0 Å². The zero-order chi connectivity index (χ0) is 40.8.